The van der Waals surface area contributed by atoms with Gasteiger partial charge in [0.25, 0.3) is 0 Å². The molecule has 30 heavy (non-hydrogen) atoms. The van der Waals surface area contributed by atoms with E-state index >= 15 is 0 Å². The van der Waals surface area contributed by atoms with Crippen LogP contribution in [-0.4, -0.2) is 31.2 Å². The Kier molecular flexibility index (Phi) is 4.57. The van der Waals surface area contributed by atoms with Crippen molar-refractivity contribution < 1.29 is 9.47 Å². The zero-order valence-corrected chi connectivity index (χ0v) is 16.2. The molecule has 0 aliphatic heterocycles. The van der Waals surface area contributed by atoms with Gasteiger partial charge in [-0.15, -0.1) is 0 Å². The summed E-state index contributed by atoms with van der Waals surface area (Å²) in [7, 11) is 0. The normalized spacial score (nSPS) is 11.0. The first kappa shape index (κ1) is 17.9. The molecule has 8 heteroatoms. The second-order valence-corrected chi connectivity index (χ2v) is 6.51. The van der Waals surface area contributed by atoms with E-state index in [1.165, 1.54) is 6.33 Å². The second kappa shape index (κ2) is 7.67. The summed E-state index contributed by atoms with van der Waals surface area (Å²) in [4.78, 5) is 12.8. The Morgan fingerprint density at radius 2 is 1.70 bits per heavy atom. The fourth-order valence-electron chi connectivity index (χ4n) is 3.13. The molecular weight excluding hydrogens is 380 g/mol. The fourth-order valence-corrected chi connectivity index (χ4v) is 3.13. The summed E-state index contributed by atoms with van der Waals surface area (Å²) in [5.74, 6) is 2.90. The van der Waals surface area contributed by atoms with E-state index in [2.05, 4.69) is 25.4 Å². The number of anilines is 2. The van der Waals surface area contributed by atoms with Crippen molar-refractivity contribution in [1.82, 2.24) is 24.6 Å². The van der Waals surface area contributed by atoms with Gasteiger partial charge in [0.2, 0.25) is 0 Å². The van der Waals surface area contributed by atoms with Crippen LogP contribution in [0.5, 0.6) is 17.2 Å². The molecule has 3 aromatic heterocycles. The van der Waals surface area contributed by atoms with Crippen LogP contribution in [0.3, 0.4) is 0 Å². The maximum Gasteiger partial charge on any atom is 0.155 e. The third-order valence-electron chi connectivity index (χ3n) is 4.52. The van der Waals surface area contributed by atoms with Gasteiger partial charge < -0.3 is 14.8 Å². The van der Waals surface area contributed by atoms with Crippen LogP contribution < -0.4 is 14.8 Å². The summed E-state index contributed by atoms with van der Waals surface area (Å²) in [6.07, 6.45) is 4.84. The van der Waals surface area contributed by atoms with Gasteiger partial charge in [0.15, 0.2) is 5.65 Å². The third-order valence-corrected chi connectivity index (χ3v) is 4.52. The molecule has 0 aliphatic carbocycles. The van der Waals surface area contributed by atoms with E-state index in [0.29, 0.717) is 23.9 Å². The lowest BCUT2D eigenvalue weighted by Crippen LogP contribution is -1.97. The molecule has 1 N–H and O–H groups in total. The molecule has 0 spiro atoms. The van der Waals surface area contributed by atoms with Crippen LogP contribution in [0, 0.1) is 0 Å². The van der Waals surface area contributed by atoms with Crippen LogP contribution >= 0.6 is 0 Å². The SMILES string of the molecule is CCOc1ccc2ncnc(Nc3ccc(Oc4ccc5ncnn5c4)cc3)c2c1. The molecule has 0 saturated carbocycles. The lowest BCUT2D eigenvalue weighted by molar-refractivity contribution is 0.340. The van der Waals surface area contributed by atoms with Crippen LogP contribution in [0.4, 0.5) is 11.5 Å². The van der Waals surface area contributed by atoms with E-state index < -0.39 is 0 Å². The van der Waals surface area contributed by atoms with Crippen molar-refractivity contribution in [3.05, 3.63) is 73.4 Å². The lowest BCUT2D eigenvalue weighted by atomic mass is 10.2. The highest BCUT2D eigenvalue weighted by Crippen LogP contribution is 2.28. The minimum Gasteiger partial charge on any atom is -0.494 e. The number of rotatable bonds is 6. The molecule has 5 rings (SSSR count). The highest BCUT2D eigenvalue weighted by atomic mass is 16.5. The Labute approximate surface area is 172 Å². The molecular formula is C22H18N6O2. The van der Waals surface area contributed by atoms with Gasteiger partial charge in [-0.2, -0.15) is 5.10 Å². The van der Waals surface area contributed by atoms with Crippen molar-refractivity contribution in [1.29, 1.82) is 0 Å². The largest absolute Gasteiger partial charge is 0.494 e. The molecule has 5 aromatic rings. The summed E-state index contributed by atoms with van der Waals surface area (Å²) < 4.78 is 13.2. The Balaban J connectivity index is 1.36. The third kappa shape index (κ3) is 3.58. The molecule has 3 heterocycles. The molecule has 0 bridgehead atoms. The fraction of sp³-hybridized carbons (Fsp3) is 0.0909. The summed E-state index contributed by atoms with van der Waals surface area (Å²) in [5.41, 5.74) is 2.50. The number of fused-ring (bicyclic) bond motifs is 2. The zero-order valence-electron chi connectivity index (χ0n) is 16.2. The van der Waals surface area contributed by atoms with E-state index in [-0.39, 0.29) is 0 Å². The van der Waals surface area contributed by atoms with Gasteiger partial charge in [-0.1, -0.05) is 0 Å². The van der Waals surface area contributed by atoms with Crippen LogP contribution in [0.25, 0.3) is 16.6 Å². The van der Waals surface area contributed by atoms with Gasteiger partial charge in [-0.05, 0) is 61.5 Å². The van der Waals surface area contributed by atoms with Crippen molar-refractivity contribution in [3.8, 4) is 17.2 Å². The van der Waals surface area contributed by atoms with E-state index in [4.69, 9.17) is 9.47 Å². The maximum absolute atomic E-state index is 5.92. The van der Waals surface area contributed by atoms with Gasteiger partial charge in [0.05, 0.1) is 18.3 Å². The standard InChI is InChI=1S/C22H18N6O2/c1-2-29-17-7-9-20-19(11-17)22(25-13-23-20)27-15-3-5-16(6-4-15)30-18-8-10-21-24-14-26-28(21)12-18/h3-14H,2H2,1H3,(H,23,25,27). The number of hydrogen-bond donors (Lipinski definition) is 1. The molecule has 0 aliphatic rings. The Morgan fingerprint density at radius 3 is 2.57 bits per heavy atom. The molecule has 0 amide bonds. The second-order valence-electron chi connectivity index (χ2n) is 6.51. The molecule has 0 atom stereocenters. The smallest absolute Gasteiger partial charge is 0.155 e. The highest BCUT2D eigenvalue weighted by molar-refractivity contribution is 5.91. The lowest BCUT2D eigenvalue weighted by Gasteiger charge is -2.11. The summed E-state index contributed by atoms with van der Waals surface area (Å²) in [5, 5.41) is 8.36. The van der Waals surface area contributed by atoms with Crippen molar-refractivity contribution in [2.45, 2.75) is 6.92 Å². The van der Waals surface area contributed by atoms with Crippen LogP contribution in [0.15, 0.2) is 73.4 Å². The topological polar surface area (TPSA) is 86.5 Å². The van der Waals surface area contributed by atoms with Crippen LogP contribution in [-0.2, 0) is 0 Å². The number of nitrogens with one attached hydrogen (secondary N) is 1. The minimum atomic E-state index is 0.604. The van der Waals surface area contributed by atoms with E-state index in [9.17, 15) is 0 Å². The summed E-state index contributed by atoms with van der Waals surface area (Å²) in [6, 6.07) is 17.1. The highest BCUT2D eigenvalue weighted by Gasteiger charge is 2.07. The van der Waals surface area contributed by atoms with E-state index in [1.54, 1.807) is 17.0 Å². The van der Waals surface area contributed by atoms with Gasteiger partial charge in [0.1, 0.15) is 35.7 Å². The minimum absolute atomic E-state index is 0.604. The van der Waals surface area contributed by atoms with Gasteiger partial charge in [0, 0.05) is 11.1 Å². The average molecular weight is 398 g/mol. The van der Waals surface area contributed by atoms with Crippen LogP contribution in [0.1, 0.15) is 6.92 Å². The summed E-state index contributed by atoms with van der Waals surface area (Å²) >= 11 is 0. The Morgan fingerprint density at radius 1 is 0.867 bits per heavy atom. The molecule has 0 saturated heterocycles. The zero-order chi connectivity index (χ0) is 20.3. The van der Waals surface area contributed by atoms with Crippen LogP contribution in [0.2, 0.25) is 0 Å². The predicted octanol–water partition coefficient (Wildman–Crippen LogP) is 4.61. The maximum atomic E-state index is 5.92. The molecule has 0 unspecified atom stereocenters. The molecule has 0 fully saturated rings. The monoisotopic (exact) mass is 398 g/mol. The predicted molar refractivity (Wildman–Crippen MR) is 113 cm³/mol. The van der Waals surface area contributed by atoms with Gasteiger partial charge in [-0.25, -0.2) is 19.5 Å². The molecule has 8 nitrogen and oxygen atoms in total. The van der Waals surface area contributed by atoms with Crippen molar-refractivity contribution in [3.63, 3.8) is 0 Å². The van der Waals surface area contributed by atoms with Crippen molar-refractivity contribution in [2.24, 2.45) is 0 Å². The first-order chi connectivity index (χ1) is 14.8. The Hall–Kier alpha value is -4.20. The Bertz CT molecular complexity index is 1320. The number of ether oxygens (including phenoxy) is 2. The first-order valence-electron chi connectivity index (χ1n) is 9.50. The molecule has 0 radical (unpaired) electrons. The van der Waals surface area contributed by atoms with Crippen molar-refractivity contribution in [2.75, 3.05) is 11.9 Å². The number of aromatic nitrogens is 5. The number of benzene rings is 2. The number of pyridine rings is 1. The van der Waals surface area contributed by atoms with Crippen molar-refractivity contribution >= 4 is 28.1 Å². The average Bonchev–Trinajstić information content (AvgIpc) is 3.24. The first-order valence-corrected chi connectivity index (χ1v) is 9.50. The number of hydrogen-bond acceptors (Lipinski definition) is 7. The molecule has 2 aromatic carbocycles. The number of nitrogens with zero attached hydrogens (tertiary/aromatic N) is 5. The van der Waals surface area contributed by atoms with Gasteiger partial charge in [-0.3, -0.25) is 0 Å². The quantitative estimate of drug-likeness (QED) is 0.447. The van der Waals surface area contributed by atoms with Gasteiger partial charge >= 0.3 is 0 Å². The summed E-state index contributed by atoms with van der Waals surface area (Å²) in [6.45, 7) is 2.56. The van der Waals surface area contributed by atoms with E-state index in [0.717, 1.165) is 28.0 Å². The molecule has 148 valence electrons. The van der Waals surface area contributed by atoms with E-state index in [1.807, 2.05) is 61.5 Å².